The highest BCUT2D eigenvalue weighted by Gasteiger charge is 2.23. The summed E-state index contributed by atoms with van der Waals surface area (Å²) >= 11 is 1.64. The van der Waals surface area contributed by atoms with Crippen LogP contribution in [0.2, 0.25) is 0 Å². The number of aryl methyl sites for hydroxylation is 2. The van der Waals surface area contributed by atoms with Crippen LogP contribution in [-0.2, 0) is 6.42 Å². The van der Waals surface area contributed by atoms with Crippen LogP contribution in [0.15, 0.2) is 35.1 Å². The zero-order valence-corrected chi connectivity index (χ0v) is 15.5. The molecule has 0 aliphatic carbocycles. The summed E-state index contributed by atoms with van der Waals surface area (Å²) < 4.78 is 2.00. The topological polar surface area (TPSA) is 46.9 Å². The molecule has 0 spiro atoms. The summed E-state index contributed by atoms with van der Waals surface area (Å²) in [6.07, 6.45) is 2.67. The van der Waals surface area contributed by atoms with Gasteiger partial charge in [0.05, 0.1) is 5.39 Å². The summed E-state index contributed by atoms with van der Waals surface area (Å²) in [5, 5.41) is 4.21. The molecule has 1 aliphatic rings. The molecule has 0 radical (unpaired) electrons. The predicted molar refractivity (Wildman–Crippen MR) is 104 cm³/mol. The number of hydrogen-bond donors (Lipinski definition) is 1. The van der Waals surface area contributed by atoms with E-state index in [9.17, 15) is 4.79 Å². The molecular formula is C20H23N3OS. The number of nitrogens with one attached hydrogen (secondary N) is 1. The maximum absolute atomic E-state index is 13.4. The molecule has 1 aliphatic heterocycles. The first-order chi connectivity index (χ1) is 12.1. The van der Waals surface area contributed by atoms with E-state index >= 15 is 0 Å². The Balaban J connectivity index is 1.90. The molecule has 1 saturated heterocycles. The third-order valence-corrected chi connectivity index (χ3v) is 6.29. The Morgan fingerprint density at radius 3 is 2.64 bits per heavy atom. The van der Waals surface area contributed by atoms with Crippen LogP contribution in [0.5, 0.6) is 0 Å². The first kappa shape index (κ1) is 16.5. The molecule has 1 aromatic carbocycles. The maximum Gasteiger partial charge on any atom is 0.262 e. The van der Waals surface area contributed by atoms with Crippen LogP contribution in [-0.4, -0.2) is 22.6 Å². The van der Waals surface area contributed by atoms with E-state index in [4.69, 9.17) is 4.98 Å². The van der Waals surface area contributed by atoms with Crippen LogP contribution in [0.4, 0.5) is 0 Å². The molecule has 0 saturated carbocycles. The Morgan fingerprint density at radius 2 is 1.92 bits per heavy atom. The number of hydrogen-bond acceptors (Lipinski definition) is 4. The van der Waals surface area contributed by atoms with Gasteiger partial charge in [0.25, 0.3) is 5.56 Å². The van der Waals surface area contributed by atoms with Gasteiger partial charge < -0.3 is 5.32 Å². The minimum atomic E-state index is 0.143. The fourth-order valence-corrected chi connectivity index (χ4v) is 4.73. The lowest BCUT2D eigenvalue weighted by atomic mass is 10.0. The Hall–Kier alpha value is -1.98. The lowest BCUT2D eigenvalue weighted by Crippen LogP contribution is -2.36. The van der Waals surface area contributed by atoms with E-state index in [0.717, 1.165) is 47.5 Å². The van der Waals surface area contributed by atoms with Gasteiger partial charge in [-0.05, 0) is 50.9 Å². The highest BCUT2D eigenvalue weighted by atomic mass is 32.1. The molecule has 1 fully saturated rings. The minimum Gasteiger partial charge on any atom is -0.317 e. The van der Waals surface area contributed by atoms with Gasteiger partial charge in [-0.15, -0.1) is 11.3 Å². The third-order valence-electron chi connectivity index (χ3n) is 5.19. The van der Waals surface area contributed by atoms with Crippen molar-refractivity contribution in [2.45, 2.75) is 39.2 Å². The van der Waals surface area contributed by atoms with E-state index in [2.05, 4.69) is 24.4 Å². The molecule has 0 unspecified atom stereocenters. The van der Waals surface area contributed by atoms with Crippen molar-refractivity contribution in [1.82, 2.24) is 14.9 Å². The second-order valence-electron chi connectivity index (χ2n) is 6.81. The first-order valence-corrected chi connectivity index (χ1v) is 9.72. The van der Waals surface area contributed by atoms with Crippen molar-refractivity contribution in [2.24, 2.45) is 0 Å². The number of rotatable bonds is 3. The standard InChI is InChI=1S/C20H23N3OS/c1-13-14(2)25-19-18(13)20(24)23(16-8-10-21-11-9-16)17(22-19)12-15-6-4-3-5-7-15/h3-7,16,21H,8-12H2,1-2H3. The van der Waals surface area contributed by atoms with Crippen molar-refractivity contribution in [3.05, 3.63) is 62.5 Å². The van der Waals surface area contributed by atoms with E-state index in [0.29, 0.717) is 6.42 Å². The minimum absolute atomic E-state index is 0.143. The van der Waals surface area contributed by atoms with Crippen LogP contribution in [0, 0.1) is 13.8 Å². The Morgan fingerprint density at radius 1 is 1.20 bits per heavy atom. The summed E-state index contributed by atoms with van der Waals surface area (Å²) in [4.78, 5) is 20.4. The molecule has 130 valence electrons. The van der Waals surface area contributed by atoms with Crippen LogP contribution < -0.4 is 10.9 Å². The summed E-state index contributed by atoms with van der Waals surface area (Å²) in [5.41, 5.74) is 2.43. The van der Waals surface area contributed by atoms with Gasteiger partial charge in [-0.25, -0.2) is 4.98 Å². The van der Waals surface area contributed by atoms with E-state index in [1.807, 2.05) is 29.7 Å². The molecular weight excluding hydrogens is 330 g/mol. The molecule has 25 heavy (non-hydrogen) atoms. The quantitative estimate of drug-likeness (QED) is 0.783. The van der Waals surface area contributed by atoms with Gasteiger partial charge in [0.15, 0.2) is 0 Å². The molecule has 4 rings (SSSR count). The number of benzene rings is 1. The van der Waals surface area contributed by atoms with Crippen molar-refractivity contribution >= 4 is 21.6 Å². The van der Waals surface area contributed by atoms with Gasteiger partial charge in [0.1, 0.15) is 10.7 Å². The molecule has 0 amide bonds. The van der Waals surface area contributed by atoms with Crippen LogP contribution >= 0.6 is 11.3 Å². The van der Waals surface area contributed by atoms with Crippen molar-refractivity contribution in [2.75, 3.05) is 13.1 Å². The number of piperidine rings is 1. The first-order valence-electron chi connectivity index (χ1n) is 8.91. The van der Waals surface area contributed by atoms with Gasteiger partial charge in [-0.1, -0.05) is 30.3 Å². The average Bonchev–Trinajstić information content (AvgIpc) is 2.91. The van der Waals surface area contributed by atoms with Gasteiger partial charge in [-0.3, -0.25) is 9.36 Å². The second-order valence-corrected chi connectivity index (χ2v) is 8.01. The van der Waals surface area contributed by atoms with E-state index in [1.165, 1.54) is 10.4 Å². The van der Waals surface area contributed by atoms with Crippen molar-refractivity contribution in [3.63, 3.8) is 0 Å². The normalized spacial score (nSPS) is 15.8. The Bertz CT molecular complexity index is 952. The van der Waals surface area contributed by atoms with Gasteiger partial charge >= 0.3 is 0 Å². The number of thiophene rings is 1. The van der Waals surface area contributed by atoms with E-state index in [-0.39, 0.29) is 11.6 Å². The Labute approximate surface area is 151 Å². The summed E-state index contributed by atoms with van der Waals surface area (Å²) in [6.45, 7) is 6.04. The van der Waals surface area contributed by atoms with Crippen molar-refractivity contribution in [3.8, 4) is 0 Å². The van der Waals surface area contributed by atoms with Crippen molar-refractivity contribution < 1.29 is 0 Å². The molecule has 4 nitrogen and oxygen atoms in total. The zero-order valence-electron chi connectivity index (χ0n) is 14.7. The summed E-state index contributed by atoms with van der Waals surface area (Å²) in [5.74, 6) is 0.900. The molecule has 0 bridgehead atoms. The lowest BCUT2D eigenvalue weighted by molar-refractivity contribution is 0.352. The number of aromatic nitrogens is 2. The third kappa shape index (κ3) is 3.02. The molecule has 0 atom stereocenters. The number of nitrogens with zero attached hydrogens (tertiary/aromatic N) is 2. The maximum atomic E-state index is 13.4. The lowest BCUT2D eigenvalue weighted by Gasteiger charge is -2.27. The highest BCUT2D eigenvalue weighted by Crippen LogP contribution is 2.28. The van der Waals surface area contributed by atoms with Gasteiger partial charge in [0.2, 0.25) is 0 Å². The fourth-order valence-electron chi connectivity index (χ4n) is 3.69. The SMILES string of the molecule is Cc1sc2nc(Cc3ccccc3)n(C3CCNCC3)c(=O)c2c1C. The van der Waals surface area contributed by atoms with Crippen LogP contribution in [0.25, 0.3) is 10.2 Å². The predicted octanol–water partition coefficient (Wildman–Crippen LogP) is 3.59. The van der Waals surface area contributed by atoms with E-state index < -0.39 is 0 Å². The average molecular weight is 353 g/mol. The monoisotopic (exact) mass is 353 g/mol. The van der Waals surface area contributed by atoms with Gasteiger partial charge in [-0.2, -0.15) is 0 Å². The molecule has 3 heterocycles. The molecule has 5 heteroatoms. The zero-order chi connectivity index (χ0) is 17.4. The van der Waals surface area contributed by atoms with Gasteiger partial charge in [0, 0.05) is 17.3 Å². The van der Waals surface area contributed by atoms with Crippen molar-refractivity contribution in [1.29, 1.82) is 0 Å². The summed E-state index contributed by atoms with van der Waals surface area (Å²) in [6, 6.07) is 10.6. The summed E-state index contributed by atoms with van der Waals surface area (Å²) in [7, 11) is 0. The van der Waals surface area contributed by atoms with Crippen LogP contribution in [0.3, 0.4) is 0 Å². The second kappa shape index (κ2) is 6.73. The van der Waals surface area contributed by atoms with Crippen LogP contribution in [0.1, 0.15) is 40.7 Å². The smallest absolute Gasteiger partial charge is 0.262 e. The Kier molecular flexibility index (Phi) is 4.44. The highest BCUT2D eigenvalue weighted by molar-refractivity contribution is 7.18. The number of fused-ring (bicyclic) bond motifs is 1. The fraction of sp³-hybridized carbons (Fsp3) is 0.400. The largest absolute Gasteiger partial charge is 0.317 e. The molecule has 3 aromatic rings. The molecule has 2 aromatic heterocycles. The molecule has 1 N–H and O–H groups in total. The van der Waals surface area contributed by atoms with E-state index in [1.54, 1.807) is 11.3 Å².